The molecule has 0 saturated heterocycles. The van der Waals surface area contributed by atoms with E-state index in [1.807, 2.05) is 140 Å². The van der Waals surface area contributed by atoms with Crippen molar-refractivity contribution in [3.63, 3.8) is 0 Å². The van der Waals surface area contributed by atoms with Gasteiger partial charge in [0.1, 0.15) is 11.5 Å². The second kappa shape index (κ2) is 37.0. The molecular formula is C41H62O5. The van der Waals surface area contributed by atoms with Crippen molar-refractivity contribution in [3.05, 3.63) is 131 Å². The molecule has 5 nitrogen and oxygen atoms in total. The third kappa shape index (κ3) is 26.2. The zero-order valence-corrected chi connectivity index (χ0v) is 31.1. The maximum Gasteiger partial charge on any atom is 0.159 e. The second-order valence-electron chi connectivity index (χ2n) is 8.13. The van der Waals surface area contributed by atoms with Gasteiger partial charge in [0.15, 0.2) is 11.6 Å². The number of benzene rings is 4. The average molecular weight is 635 g/mol. The van der Waals surface area contributed by atoms with Crippen molar-refractivity contribution in [3.8, 4) is 11.5 Å². The van der Waals surface area contributed by atoms with Crippen LogP contribution in [0.15, 0.2) is 109 Å². The number of rotatable bonds is 6. The molecule has 0 saturated carbocycles. The van der Waals surface area contributed by atoms with E-state index in [9.17, 15) is 9.59 Å². The molecule has 4 aromatic rings. The molecule has 0 radical (unpaired) electrons. The van der Waals surface area contributed by atoms with Crippen molar-refractivity contribution in [1.29, 1.82) is 0 Å². The van der Waals surface area contributed by atoms with E-state index in [1.54, 1.807) is 42.3 Å². The van der Waals surface area contributed by atoms with Gasteiger partial charge in [0, 0.05) is 25.3 Å². The molecule has 0 aliphatic rings. The number of carbonyl (C=O) groups is 2. The quantitative estimate of drug-likeness (QED) is 0.197. The first-order valence-corrected chi connectivity index (χ1v) is 16.1. The molecule has 0 fully saturated rings. The summed E-state index contributed by atoms with van der Waals surface area (Å²) in [6, 6.07) is 34.7. The number of Topliss-reactive ketones (excluding diaryl/α,β-unsaturated/α-hetero) is 2. The predicted molar refractivity (Wildman–Crippen MR) is 200 cm³/mol. The Bertz CT molecular complexity index is 1080. The Labute approximate surface area is 282 Å². The van der Waals surface area contributed by atoms with Crippen LogP contribution in [0.1, 0.15) is 101 Å². The Hall–Kier alpha value is -4.22. The molecule has 0 aliphatic heterocycles. The van der Waals surface area contributed by atoms with Crippen LogP contribution in [-0.2, 0) is 11.2 Å². The Balaban J connectivity index is -0.000000261. The summed E-state index contributed by atoms with van der Waals surface area (Å²) >= 11 is 0. The molecule has 4 aromatic carbocycles. The zero-order valence-electron chi connectivity index (χ0n) is 31.1. The Morgan fingerprint density at radius 2 is 0.674 bits per heavy atom. The van der Waals surface area contributed by atoms with Gasteiger partial charge in [-0.3, -0.25) is 9.59 Å². The first-order valence-electron chi connectivity index (χ1n) is 16.1. The van der Waals surface area contributed by atoms with Crippen LogP contribution < -0.4 is 9.47 Å². The second-order valence-corrected chi connectivity index (χ2v) is 8.13. The summed E-state index contributed by atoms with van der Waals surface area (Å²) < 4.78 is 14.5. The maximum atomic E-state index is 10.6. The van der Waals surface area contributed by atoms with Gasteiger partial charge in [0.25, 0.3) is 0 Å². The van der Waals surface area contributed by atoms with E-state index in [0.29, 0.717) is 0 Å². The molecule has 0 N–H and O–H groups in total. The highest BCUT2D eigenvalue weighted by Gasteiger charge is 1.98. The number of ketones is 2. The number of hydrogen-bond acceptors (Lipinski definition) is 5. The summed E-state index contributed by atoms with van der Waals surface area (Å²) in [5.74, 6) is 2.03. The van der Waals surface area contributed by atoms with E-state index >= 15 is 0 Å². The van der Waals surface area contributed by atoms with Crippen molar-refractivity contribution in [1.82, 2.24) is 0 Å². The van der Waals surface area contributed by atoms with Gasteiger partial charge in [-0.1, -0.05) is 140 Å². The van der Waals surface area contributed by atoms with Crippen LogP contribution in [0, 0.1) is 0 Å². The minimum Gasteiger partial charge on any atom is -0.497 e. The van der Waals surface area contributed by atoms with Crippen molar-refractivity contribution >= 4 is 11.6 Å². The molecule has 4 rings (SSSR count). The first kappa shape index (κ1) is 48.7. The molecule has 0 atom stereocenters. The van der Waals surface area contributed by atoms with Crippen molar-refractivity contribution < 1.29 is 23.8 Å². The van der Waals surface area contributed by atoms with Gasteiger partial charge in [-0.25, -0.2) is 0 Å². The molecule has 0 amide bonds. The number of hydrogen-bond donors (Lipinski definition) is 0. The molecule has 5 heteroatoms. The Morgan fingerprint density at radius 3 is 0.848 bits per heavy atom. The third-order valence-electron chi connectivity index (χ3n) is 5.09. The lowest BCUT2D eigenvalue weighted by Gasteiger charge is -2.05. The van der Waals surface area contributed by atoms with Gasteiger partial charge >= 0.3 is 0 Å². The Kier molecular flexibility index (Phi) is 39.1. The molecule has 0 unspecified atom stereocenters. The monoisotopic (exact) mass is 634 g/mol. The fourth-order valence-corrected chi connectivity index (χ4v) is 3.07. The van der Waals surface area contributed by atoms with Crippen LogP contribution in [0.3, 0.4) is 0 Å². The zero-order chi connectivity index (χ0) is 36.2. The van der Waals surface area contributed by atoms with E-state index in [0.717, 1.165) is 29.0 Å². The highest BCUT2D eigenvalue weighted by atomic mass is 16.5. The highest BCUT2D eigenvalue weighted by molar-refractivity contribution is 5.94. The summed E-state index contributed by atoms with van der Waals surface area (Å²) in [7, 11) is 6.61. The maximum absolute atomic E-state index is 10.6. The fourth-order valence-electron chi connectivity index (χ4n) is 3.07. The lowest BCUT2D eigenvalue weighted by Crippen LogP contribution is -1.89. The van der Waals surface area contributed by atoms with Gasteiger partial charge in [0.05, 0.1) is 14.2 Å². The van der Waals surface area contributed by atoms with Gasteiger partial charge in [0.2, 0.25) is 0 Å². The van der Waals surface area contributed by atoms with Crippen molar-refractivity contribution in [2.24, 2.45) is 0 Å². The SMILES string of the molecule is CC.CC.CC.CC.CC(=O)c1ccccc1.CC(=O)c1ccccc1.COC.COc1ccc(Cc2ccc(OC)cc2)cc1. The molecule has 256 valence electrons. The van der Waals surface area contributed by atoms with E-state index in [2.05, 4.69) is 29.0 Å². The summed E-state index contributed by atoms with van der Waals surface area (Å²) in [6.07, 6.45) is 0.925. The fraction of sp³-hybridized carbons (Fsp3) is 0.366. The van der Waals surface area contributed by atoms with Gasteiger partial charge in [-0.05, 0) is 55.7 Å². The van der Waals surface area contributed by atoms with E-state index < -0.39 is 0 Å². The minimum atomic E-state index is 0.121. The van der Waals surface area contributed by atoms with Gasteiger partial charge in [-0.2, -0.15) is 0 Å². The highest BCUT2D eigenvalue weighted by Crippen LogP contribution is 2.17. The molecule has 0 spiro atoms. The van der Waals surface area contributed by atoms with Crippen molar-refractivity contribution in [2.45, 2.75) is 75.7 Å². The summed E-state index contributed by atoms with van der Waals surface area (Å²) in [6.45, 7) is 19.1. The lowest BCUT2D eigenvalue weighted by atomic mass is 10.0. The predicted octanol–water partition coefficient (Wildman–Crippen LogP) is 11.4. The summed E-state index contributed by atoms with van der Waals surface area (Å²) in [5, 5.41) is 0. The van der Waals surface area contributed by atoms with Crippen LogP contribution >= 0.6 is 0 Å². The van der Waals surface area contributed by atoms with Crippen molar-refractivity contribution in [2.75, 3.05) is 28.4 Å². The summed E-state index contributed by atoms with van der Waals surface area (Å²) in [5.41, 5.74) is 4.10. The van der Waals surface area contributed by atoms with E-state index in [1.165, 1.54) is 11.1 Å². The van der Waals surface area contributed by atoms with Crippen LogP contribution in [0.2, 0.25) is 0 Å². The molecule has 0 aromatic heterocycles. The van der Waals surface area contributed by atoms with Gasteiger partial charge in [-0.15, -0.1) is 0 Å². The van der Waals surface area contributed by atoms with Crippen LogP contribution in [0.5, 0.6) is 11.5 Å². The normalized spacial score (nSPS) is 8.13. The van der Waals surface area contributed by atoms with E-state index in [-0.39, 0.29) is 11.6 Å². The van der Waals surface area contributed by atoms with Gasteiger partial charge < -0.3 is 14.2 Å². The van der Waals surface area contributed by atoms with Crippen LogP contribution in [0.4, 0.5) is 0 Å². The largest absolute Gasteiger partial charge is 0.497 e. The molecule has 46 heavy (non-hydrogen) atoms. The molecular weight excluding hydrogens is 572 g/mol. The lowest BCUT2D eigenvalue weighted by molar-refractivity contribution is 0.100. The number of ether oxygens (including phenoxy) is 3. The number of carbonyl (C=O) groups excluding carboxylic acids is 2. The smallest absolute Gasteiger partial charge is 0.159 e. The van der Waals surface area contributed by atoms with Crippen LogP contribution in [0.25, 0.3) is 0 Å². The first-order chi connectivity index (χ1) is 22.3. The summed E-state index contributed by atoms with van der Waals surface area (Å²) in [4.78, 5) is 21.3. The topological polar surface area (TPSA) is 61.8 Å². The molecule has 0 bridgehead atoms. The number of methoxy groups -OCH3 is 3. The average Bonchev–Trinajstić information content (AvgIpc) is 3.14. The van der Waals surface area contributed by atoms with Crippen LogP contribution in [-0.4, -0.2) is 40.0 Å². The minimum absolute atomic E-state index is 0.121. The third-order valence-corrected chi connectivity index (χ3v) is 5.09. The molecule has 0 aliphatic carbocycles. The Morgan fingerprint density at radius 1 is 0.435 bits per heavy atom. The standard InChI is InChI=1S/C15H16O2.2C8H8O.C2H6O.4C2H6/c1-16-14-7-3-12(4-8-14)11-13-5-9-15(17-2)10-6-13;2*1-7(9)8-5-3-2-4-6-8;1-3-2;4*1-2/h3-10H,11H2,1-2H3;2*2-6H,1H3;1-2H3;4*1-2H3. The van der Waals surface area contributed by atoms with E-state index in [4.69, 9.17) is 9.47 Å². The molecule has 0 heterocycles.